The smallest absolute Gasteiger partial charge is 0.339 e. The molecule has 0 aliphatic carbocycles. The number of halogens is 1. The molecule has 0 atom stereocenters. The molecule has 0 saturated heterocycles. The lowest BCUT2D eigenvalue weighted by molar-refractivity contribution is 0.0693. The molecule has 0 radical (unpaired) electrons. The van der Waals surface area contributed by atoms with Crippen molar-refractivity contribution >= 4 is 21.9 Å². The summed E-state index contributed by atoms with van der Waals surface area (Å²) >= 11 is 3.11. The maximum atomic E-state index is 10.6. The quantitative estimate of drug-likeness (QED) is 0.836. The van der Waals surface area contributed by atoms with E-state index in [2.05, 4.69) is 15.9 Å². The van der Waals surface area contributed by atoms with Crippen molar-refractivity contribution in [1.29, 1.82) is 0 Å². The van der Waals surface area contributed by atoms with Crippen LogP contribution in [-0.4, -0.2) is 23.3 Å². The van der Waals surface area contributed by atoms with Crippen LogP contribution in [0.4, 0.5) is 0 Å². The number of rotatable bonds is 2. The molecule has 5 heteroatoms. The second kappa shape index (κ2) is 3.66. The van der Waals surface area contributed by atoms with Gasteiger partial charge in [0.05, 0.1) is 11.6 Å². The largest absolute Gasteiger partial charge is 0.507 e. The Bertz CT molecular complexity index is 348. The summed E-state index contributed by atoms with van der Waals surface area (Å²) < 4.78 is 5.35. The van der Waals surface area contributed by atoms with Crippen molar-refractivity contribution in [3.8, 4) is 11.5 Å². The van der Waals surface area contributed by atoms with Gasteiger partial charge in [0, 0.05) is 6.07 Å². The summed E-state index contributed by atoms with van der Waals surface area (Å²) in [5.74, 6) is -1.10. The van der Waals surface area contributed by atoms with Crippen LogP contribution < -0.4 is 4.74 Å². The Labute approximate surface area is 82.9 Å². The fourth-order valence-corrected chi connectivity index (χ4v) is 1.38. The maximum Gasteiger partial charge on any atom is 0.339 e. The molecule has 0 saturated carbocycles. The highest BCUT2D eigenvalue weighted by Crippen LogP contribution is 2.31. The van der Waals surface area contributed by atoms with Gasteiger partial charge in [-0.1, -0.05) is 0 Å². The average molecular weight is 247 g/mol. The number of phenols is 1. The molecule has 70 valence electrons. The molecule has 0 unspecified atom stereocenters. The van der Waals surface area contributed by atoms with E-state index in [1.54, 1.807) is 0 Å². The van der Waals surface area contributed by atoms with Crippen LogP contribution in [0.1, 0.15) is 10.4 Å². The lowest BCUT2D eigenvalue weighted by Crippen LogP contribution is -1.97. The highest BCUT2D eigenvalue weighted by molar-refractivity contribution is 9.10. The van der Waals surface area contributed by atoms with E-state index in [0.717, 1.165) is 0 Å². The van der Waals surface area contributed by atoms with E-state index in [4.69, 9.17) is 9.84 Å². The van der Waals surface area contributed by atoms with Crippen molar-refractivity contribution in [3.63, 3.8) is 0 Å². The van der Waals surface area contributed by atoms with Crippen molar-refractivity contribution in [1.82, 2.24) is 0 Å². The first kappa shape index (κ1) is 9.85. The van der Waals surface area contributed by atoms with Crippen LogP contribution in [0.25, 0.3) is 0 Å². The molecule has 0 fully saturated rings. The third-order valence-corrected chi connectivity index (χ3v) is 2.12. The number of ether oxygens (including phenoxy) is 1. The zero-order chi connectivity index (χ0) is 10.0. The fraction of sp³-hybridized carbons (Fsp3) is 0.125. The van der Waals surface area contributed by atoms with Crippen molar-refractivity contribution in [3.05, 3.63) is 22.2 Å². The third kappa shape index (κ3) is 1.92. The highest BCUT2D eigenvalue weighted by atomic mass is 79.9. The summed E-state index contributed by atoms with van der Waals surface area (Å²) in [6.45, 7) is 0. The monoisotopic (exact) mass is 246 g/mol. The van der Waals surface area contributed by atoms with Gasteiger partial charge in [0.25, 0.3) is 0 Å². The van der Waals surface area contributed by atoms with Crippen LogP contribution in [0.5, 0.6) is 11.5 Å². The minimum atomic E-state index is -1.18. The van der Waals surface area contributed by atoms with Crippen molar-refractivity contribution in [2.45, 2.75) is 0 Å². The topological polar surface area (TPSA) is 66.8 Å². The Kier molecular flexibility index (Phi) is 2.77. The first-order valence-electron chi connectivity index (χ1n) is 3.36. The number of carboxylic acid groups (broad SMARTS) is 1. The maximum absolute atomic E-state index is 10.6. The van der Waals surface area contributed by atoms with E-state index < -0.39 is 5.97 Å². The molecule has 0 aliphatic heterocycles. The van der Waals surface area contributed by atoms with E-state index in [1.807, 2.05) is 0 Å². The van der Waals surface area contributed by atoms with E-state index in [0.29, 0.717) is 10.2 Å². The molecule has 0 amide bonds. The van der Waals surface area contributed by atoms with Gasteiger partial charge in [-0.2, -0.15) is 0 Å². The predicted octanol–water partition coefficient (Wildman–Crippen LogP) is 1.86. The predicted molar refractivity (Wildman–Crippen MR) is 49.3 cm³/mol. The van der Waals surface area contributed by atoms with Crippen LogP contribution in [0.15, 0.2) is 16.6 Å². The van der Waals surface area contributed by atoms with Gasteiger partial charge < -0.3 is 14.9 Å². The number of methoxy groups -OCH3 is 1. The first-order chi connectivity index (χ1) is 6.06. The van der Waals surface area contributed by atoms with E-state index >= 15 is 0 Å². The molecular weight excluding hydrogens is 240 g/mol. The Morgan fingerprint density at radius 1 is 1.54 bits per heavy atom. The molecule has 13 heavy (non-hydrogen) atoms. The van der Waals surface area contributed by atoms with Gasteiger partial charge >= 0.3 is 5.97 Å². The van der Waals surface area contributed by atoms with E-state index in [-0.39, 0.29) is 11.3 Å². The minimum Gasteiger partial charge on any atom is -0.507 e. The number of hydrogen-bond acceptors (Lipinski definition) is 3. The number of aromatic hydroxyl groups is 1. The number of carboxylic acids is 1. The number of hydrogen-bond donors (Lipinski definition) is 2. The number of carbonyl (C=O) groups is 1. The average Bonchev–Trinajstić information content (AvgIpc) is 2.07. The SMILES string of the molecule is COc1cc(O)c(C(=O)O)cc1Br. The second-order valence-electron chi connectivity index (χ2n) is 2.31. The van der Waals surface area contributed by atoms with Crippen LogP contribution in [0, 0.1) is 0 Å². The molecule has 2 N–H and O–H groups in total. The van der Waals surface area contributed by atoms with Gasteiger partial charge in [-0.15, -0.1) is 0 Å². The lowest BCUT2D eigenvalue weighted by atomic mass is 10.2. The van der Waals surface area contributed by atoms with Gasteiger partial charge in [-0.25, -0.2) is 4.79 Å². The third-order valence-electron chi connectivity index (χ3n) is 1.50. The molecule has 0 bridgehead atoms. The highest BCUT2D eigenvalue weighted by Gasteiger charge is 2.13. The normalized spacial score (nSPS) is 9.69. The number of benzene rings is 1. The number of aromatic carboxylic acids is 1. The first-order valence-corrected chi connectivity index (χ1v) is 4.15. The zero-order valence-corrected chi connectivity index (χ0v) is 8.33. The Balaban J connectivity index is 3.28. The molecule has 1 rings (SSSR count). The molecule has 1 aromatic rings. The summed E-state index contributed by atoms with van der Waals surface area (Å²) in [5, 5.41) is 17.9. The van der Waals surface area contributed by atoms with Gasteiger partial charge in [0.1, 0.15) is 17.1 Å². The van der Waals surface area contributed by atoms with Crippen molar-refractivity contribution < 1.29 is 19.7 Å². The van der Waals surface area contributed by atoms with Gasteiger partial charge in [-0.3, -0.25) is 0 Å². The molecule has 0 spiro atoms. The van der Waals surface area contributed by atoms with Gasteiger partial charge in [0.2, 0.25) is 0 Å². The molecule has 0 aromatic heterocycles. The molecule has 0 aliphatic rings. The fourth-order valence-electron chi connectivity index (χ4n) is 0.870. The van der Waals surface area contributed by atoms with Crippen LogP contribution in [0.2, 0.25) is 0 Å². The molecule has 1 aromatic carbocycles. The van der Waals surface area contributed by atoms with Crippen LogP contribution in [-0.2, 0) is 0 Å². The van der Waals surface area contributed by atoms with E-state index in [1.165, 1.54) is 19.2 Å². The lowest BCUT2D eigenvalue weighted by Gasteiger charge is -2.05. The van der Waals surface area contributed by atoms with E-state index in [9.17, 15) is 9.90 Å². The summed E-state index contributed by atoms with van der Waals surface area (Å²) in [6, 6.07) is 2.53. The van der Waals surface area contributed by atoms with Crippen LogP contribution >= 0.6 is 15.9 Å². The minimum absolute atomic E-state index is 0.160. The Hall–Kier alpha value is -1.23. The van der Waals surface area contributed by atoms with Gasteiger partial charge in [0.15, 0.2) is 0 Å². The summed E-state index contributed by atoms with van der Waals surface area (Å²) in [4.78, 5) is 10.6. The summed E-state index contributed by atoms with van der Waals surface area (Å²) in [7, 11) is 1.43. The molecule has 0 heterocycles. The van der Waals surface area contributed by atoms with Gasteiger partial charge in [-0.05, 0) is 22.0 Å². The summed E-state index contributed by atoms with van der Waals surface area (Å²) in [5.41, 5.74) is -0.160. The van der Waals surface area contributed by atoms with Crippen molar-refractivity contribution in [2.75, 3.05) is 7.11 Å². The Morgan fingerprint density at radius 3 is 2.62 bits per heavy atom. The summed E-state index contributed by atoms with van der Waals surface area (Å²) in [6.07, 6.45) is 0. The Morgan fingerprint density at radius 2 is 2.15 bits per heavy atom. The van der Waals surface area contributed by atoms with Crippen LogP contribution in [0.3, 0.4) is 0 Å². The standard InChI is InChI=1S/C8H7BrO4/c1-13-7-3-6(10)4(8(11)12)2-5(7)9/h2-3,10H,1H3,(H,11,12). The second-order valence-corrected chi connectivity index (χ2v) is 3.16. The molecular formula is C8H7BrO4. The zero-order valence-electron chi connectivity index (χ0n) is 6.74. The van der Waals surface area contributed by atoms with Crippen molar-refractivity contribution in [2.24, 2.45) is 0 Å². The molecule has 4 nitrogen and oxygen atoms in total.